The number of hydrogen-bond donors (Lipinski definition) is 0. The lowest BCUT2D eigenvalue weighted by atomic mass is 9.48. The van der Waals surface area contributed by atoms with Gasteiger partial charge in [0.25, 0.3) is 0 Å². The summed E-state index contributed by atoms with van der Waals surface area (Å²) < 4.78 is 6.14. The fraction of sp³-hybridized carbons (Fsp3) is 0.864. The lowest BCUT2D eigenvalue weighted by Crippen LogP contribution is -2.50. The van der Waals surface area contributed by atoms with Crippen LogP contribution in [0.2, 0.25) is 0 Å². The van der Waals surface area contributed by atoms with Crippen molar-refractivity contribution in [1.29, 1.82) is 0 Å². The number of Topliss-reactive ketones (excluding diaryl/α,β-unsaturated/α-hetero) is 1. The fourth-order valence-electron chi connectivity index (χ4n) is 6.90. The van der Waals surface area contributed by atoms with Crippen LogP contribution >= 0.6 is 0 Å². The second kappa shape index (κ2) is 5.69. The Bertz CT molecular complexity index is 562. The van der Waals surface area contributed by atoms with Crippen molar-refractivity contribution < 1.29 is 9.53 Å². The Morgan fingerprint density at radius 2 is 1.79 bits per heavy atom. The van der Waals surface area contributed by atoms with Gasteiger partial charge in [-0.15, -0.1) is 0 Å². The Morgan fingerprint density at radius 3 is 2.54 bits per heavy atom. The summed E-state index contributed by atoms with van der Waals surface area (Å²) in [7, 11) is 0. The van der Waals surface area contributed by atoms with Crippen LogP contribution in [-0.2, 0) is 9.53 Å². The largest absolute Gasteiger partial charge is 0.375 e. The number of fused-ring (bicyclic) bond motifs is 5. The van der Waals surface area contributed by atoms with Crippen molar-refractivity contribution >= 4 is 5.78 Å². The standard InChI is InChI=1S/C22H34O2/c1-14(2)24-16-9-11-21(3)15(13-16)5-6-17-18-7-8-20(23)22(18,4)12-10-19(17)21/h5,14,16-19H,6-13H2,1-4H3. The van der Waals surface area contributed by atoms with Gasteiger partial charge in [0.1, 0.15) is 5.78 Å². The molecule has 0 radical (unpaired) electrons. The zero-order valence-corrected chi connectivity index (χ0v) is 15.9. The highest BCUT2D eigenvalue weighted by atomic mass is 16.5. The molecule has 0 saturated heterocycles. The molecule has 0 aromatic rings. The topological polar surface area (TPSA) is 26.3 Å². The van der Waals surface area contributed by atoms with Crippen molar-refractivity contribution in [2.45, 2.75) is 91.3 Å². The molecule has 0 aromatic carbocycles. The third-order valence-electron chi connectivity index (χ3n) is 8.23. The molecule has 4 aliphatic rings. The van der Waals surface area contributed by atoms with Crippen LogP contribution in [0.15, 0.2) is 11.6 Å². The normalized spacial score (nSPS) is 47.9. The minimum Gasteiger partial charge on any atom is -0.375 e. The second-order valence-corrected chi connectivity index (χ2v) is 9.73. The molecule has 4 aliphatic carbocycles. The minimum absolute atomic E-state index is 0.000819. The van der Waals surface area contributed by atoms with E-state index in [1.807, 2.05) is 0 Å². The second-order valence-electron chi connectivity index (χ2n) is 9.73. The number of ketones is 1. The van der Waals surface area contributed by atoms with E-state index in [0.29, 0.717) is 29.3 Å². The van der Waals surface area contributed by atoms with Crippen LogP contribution in [0, 0.1) is 28.6 Å². The minimum atomic E-state index is 0.000819. The Morgan fingerprint density at radius 1 is 1.08 bits per heavy atom. The van der Waals surface area contributed by atoms with Crippen LogP contribution in [0.4, 0.5) is 0 Å². The van der Waals surface area contributed by atoms with E-state index in [-0.39, 0.29) is 5.41 Å². The summed E-state index contributed by atoms with van der Waals surface area (Å²) in [5.74, 6) is 2.73. The van der Waals surface area contributed by atoms with Gasteiger partial charge in [0, 0.05) is 11.8 Å². The molecule has 3 fully saturated rings. The molecule has 0 heterocycles. The molecule has 2 nitrogen and oxygen atoms in total. The van der Waals surface area contributed by atoms with Gasteiger partial charge in [0.05, 0.1) is 12.2 Å². The molecule has 24 heavy (non-hydrogen) atoms. The molecular weight excluding hydrogens is 296 g/mol. The molecule has 0 spiro atoms. The quantitative estimate of drug-likeness (QED) is 0.641. The first kappa shape index (κ1) is 16.8. The Kier molecular flexibility index (Phi) is 3.99. The van der Waals surface area contributed by atoms with Gasteiger partial charge in [-0.1, -0.05) is 25.5 Å². The summed E-state index contributed by atoms with van der Waals surface area (Å²) in [6.45, 7) is 9.11. The van der Waals surface area contributed by atoms with E-state index in [9.17, 15) is 4.79 Å². The maximum atomic E-state index is 12.5. The van der Waals surface area contributed by atoms with Crippen molar-refractivity contribution in [3.05, 3.63) is 11.6 Å². The Labute approximate surface area is 147 Å². The van der Waals surface area contributed by atoms with Gasteiger partial charge < -0.3 is 4.74 Å². The summed E-state index contributed by atoms with van der Waals surface area (Å²) >= 11 is 0. The van der Waals surface area contributed by atoms with E-state index in [0.717, 1.165) is 37.5 Å². The number of hydrogen-bond acceptors (Lipinski definition) is 2. The number of rotatable bonds is 2. The van der Waals surface area contributed by atoms with Crippen LogP contribution in [0.3, 0.4) is 0 Å². The van der Waals surface area contributed by atoms with Gasteiger partial charge in [-0.05, 0) is 82.0 Å². The monoisotopic (exact) mass is 330 g/mol. The highest BCUT2D eigenvalue weighted by Crippen LogP contribution is 2.64. The first-order valence-electron chi connectivity index (χ1n) is 10.2. The average Bonchev–Trinajstić information content (AvgIpc) is 2.83. The van der Waals surface area contributed by atoms with Gasteiger partial charge in [-0.25, -0.2) is 0 Å². The molecule has 3 saturated carbocycles. The van der Waals surface area contributed by atoms with E-state index >= 15 is 0 Å². The highest BCUT2D eigenvalue weighted by Gasteiger charge is 2.58. The molecule has 0 aromatic heterocycles. The predicted octanol–water partition coefficient (Wildman–Crippen LogP) is 5.31. The molecule has 6 unspecified atom stereocenters. The van der Waals surface area contributed by atoms with Crippen LogP contribution in [-0.4, -0.2) is 18.0 Å². The molecule has 0 aliphatic heterocycles. The van der Waals surface area contributed by atoms with Gasteiger partial charge in [0.15, 0.2) is 0 Å². The molecule has 0 bridgehead atoms. The smallest absolute Gasteiger partial charge is 0.139 e. The number of ether oxygens (including phenoxy) is 1. The SMILES string of the molecule is CC(C)OC1CCC2(C)C(=CCC3C4CCC(=O)C4(C)CCC32)C1. The van der Waals surface area contributed by atoms with Crippen LogP contribution in [0.25, 0.3) is 0 Å². The summed E-state index contributed by atoms with van der Waals surface area (Å²) in [5, 5.41) is 0. The summed E-state index contributed by atoms with van der Waals surface area (Å²) in [5.41, 5.74) is 2.04. The zero-order chi connectivity index (χ0) is 17.1. The maximum Gasteiger partial charge on any atom is 0.139 e. The summed E-state index contributed by atoms with van der Waals surface area (Å²) in [4.78, 5) is 12.5. The number of carbonyl (C=O) groups excluding carboxylic acids is 1. The van der Waals surface area contributed by atoms with Crippen molar-refractivity contribution in [3.8, 4) is 0 Å². The van der Waals surface area contributed by atoms with E-state index < -0.39 is 0 Å². The fourth-order valence-corrected chi connectivity index (χ4v) is 6.90. The van der Waals surface area contributed by atoms with Crippen LogP contribution < -0.4 is 0 Å². The molecule has 134 valence electrons. The third kappa shape index (κ3) is 2.35. The van der Waals surface area contributed by atoms with Crippen molar-refractivity contribution in [2.75, 3.05) is 0 Å². The highest BCUT2D eigenvalue weighted by molar-refractivity contribution is 5.87. The van der Waals surface area contributed by atoms with Crippen molar-refractivity contribution in [3.63, 3.8) is 0 Å². The van der Waals surface area contributed by atoms with Gasteiger partial charge in [-0.2, -0.15) is 0 Å². The lowest BCUT2D eigenvalue weighted by Gasteiger charge is -2.57. The van der Waals surface area contributed by atoms with Gasteiger partial charge in [0.2, 0.25) is 0 Å². The van der Waals surface area contributed by atoms with Crippen LogP contribution in [0.5, 0.6) is 0 Å². The Hall–Kier alpha value is -0.630. The van der Waals surface area contributed by atoms with E-state index in [4.69, 9.17) is 4.74 Å². The number of carbonyl (C=O) groups is 1. The summed E-state index contributed by atoms with van der Waals surface area (Å²) in [6, 6.07) is 0. The average molecular weight is 331 g/mol. The molecule has 0 N–H and O–H groups in total. The maximum absolute atomic E-state index is 12.5. The zero-order valence-electron chi connectivity index (χ0n) is 15.9. The molecule has 4 rings (SSSR count). The van der Waals surface area contributed by atoms with Crippen molar-refractivity contribution in [1.82, 2.24) is 0 Å². The third-order valence-corrected chi connectivity index (χ3v) is 8.23. The molecule has 6 atom stereocenters. The predicted molar refractivity (Wildman–Crippen MR) is 96.7 cm³/mol. The van der Waals surface area contributed by atoms with Crippen molar-refractivity contribution in [2.24, 2.45) is 28.6 Å². The van der Waals surface area contributed by atoms with Gasteiger partial charge >= 0.3 is 0 Å². The van der Waals surface area contributed by atoms with Gasteiger partial charge in [-0.3, -0.25) is 4.79 Å². The number of allylic oxidation sites excluding steroid dienone is 1. The molecule has 2 heteroatoms. The van der Waals surface area contributed by atoms with E-state index in [1.165, 1.54) is 25.7 Å². The molecule has 0 amide bonds. The first-order chi connectivity index (χ1) is 11.3. The van der Waals surface area contributed by atoms with E-state index in [1.54, 1.807) is 5.57 Å². The Balaban J connectivity index is 1.59. The lowest BCUT2D eigenvalue weighted by molar-refractivity contribution is -0.132. The first-order valence-corrected chi connectivity index (χ1v) is 10.2. The molecular formula is C22H34O2. The van der Waals surface area contributed by atoms with E-state index in [2.05, 4.69) is 33.8 Å². The van der Waals surface area contributed by atoms with Crippen LogP contribution in [0.1, 0.15) is 79.1 Å². The summed E-state index contributed by atoms with van der Waals surface area (Å²) in [6.07, 6.45) is 12.5.